The molecular formula is C16H14N4O. The number of nitrogen functional groups attached to an aromatic ring is 1. The maximum absolute atomic E-state index is 5.73. The molecule has 5 heteroatoms. The van der Waals surface area contributed by atoms with Crippen LogP contribution in [0.25, 0.3) is 23.7 Å². The molecular weight excluding hydrogens is 264 g/mol. The first-order valence-corrected chi connectivity index (χ1v) is 6.52. The van der Waals surface area contributed by atoms with Crippen LogP contribution in [0, 0.1) is 6.92 Å². The monoisotopic (exact) mass is 278 g/mol. The van der Waals surface area contributed by atoms with Crippen molar-refractivity contribution in [3.8, 4) is 11.5 Å². The van der Waals surface area contributed by atoms with Crippen molar-refractivity contribution in [2.75, 3.05) is 5.73 Å². The molecule has 2 aromatic heterocycles. The lowest BCUT2D eigenvalue weighted by atomic mass is 10.2. The summed E-state index contributed by atoms with van der Waals surface area (Å²) in [4.78, 5) is 8.66. The molecule has 104 valence electrons. The van der Waals surface area contributed by atoms with E-state index in [1.54, 1.807) is 6.08 Å². The Morgan fingerprint density at radius 1 is 1.05 bits per heavy atom. The number of rotatable bonds is 3. The molecule has 0 aliphatic carbocycles. The highest BCUT2D eigenvalue weighted by Crippen LogP contribution is 2.15. The van der Waals surface area contributed by atoms with Crippen LogP contribution >= 0.6 is 0 Å². The number of pyridine rings is 1. The van der Waals surface area contributed by atoms with E-state index >= 15 is 0 Å². The molecule has 0 atom stereocenters. The summed E-state index contributed by atoms with van der Waals surface area (Å²) in [6.07, 6.45) is 3.62. The highest BCUT2D eigenvalue weighted by molar-refractivity contribution is 5.68. The molecule has 0 radical (unpaired) electrons. The van der Waals surface area contributed by atoms with Crippen LogP contribution in [0.4, 0.5) is 5.69 Å². The van der Waals surface area contributed by atoms with E-state index in [4.69, 9.17) is 10.3 Å². The minimum Gasteiger partial charge on any atom is -0.399 e. The summed E-state index contributed by atoms with van der Waals surface area (Å²) in [5.41, 5.74) is 9.03. The molecule has 0 amide bonds. The van der Waals surface area contributed by atoms with E-state index < -0.39 is 0 Å². The molecule has 2 N–H and O–H groups in total. The first kappa shape index (κ1) is 13.1. The van der Waals surface area contributed by atoms with Crippen LogP contribution in [0.2, 0.25) is 0 Å². The van der Waals surface area contributed by atoms with Crippen LogP contribution in [0.3, 0.4) is 0 Å². The summed E-state index contributed by atoms with van der Waals surface area (Å²) < 4.78 is 5.19. The van der Waals surface area contributed by atoms with Crippen molar-refractivity contribution < 1.29 is 4.52 Å². The van der Waals surface area contributed by atoms with E-state index in [1.165, 1.54) is 0 Å². The number of nitrogens with zero attached hydrogens (tertiary/aromatic N) is 3. The minimum absolute atomic E-state index is 0.427. The Balaban J connectivity index is 1.82. The van der Waals surface area contributed by atoms with Gasteiger partial charge in [-0.3, -0.25) is 0 Å². The van der Waals surface area contributed by atoms with Gasteiger partial charge in [0.15, 0.2) is 0 Å². The third-order valence-electron chi connectivity index (χ3n) is 2.89. The Labute approximate surface area is 122 Å². The quantitative estimate of drug-likeness (QED) is 0.744. The molecule has 0 saturated carbocycles. The molecule has 5 nitrogen and oxygen atoms in total. The summed E-state index contributed by atoms with van der Waals surface area (Å²) in [7, 11) is 0. The van der Waals surface area contributed by atoms with Gasteiger partial charge in [-0.25, -0.2) is 4.98 Å². The molecule has 3 aromatic rings. The summed E-state index contributed by atoms with van der Waals surface area (Å²) in [6.45, 7) is 1.92. The lowest BCUT2D eigenvalue weighted by molar-refractivity contribution is 0.411. The Bertz CT molecular complexity index is 792. The summed E-state index contributed by atoms with van der Waals surface area (Å²) in [5, 5.41) is 3.93. The van der Waals surface area contributed by atoms with Crippen molar-refractivity contribution in [1.82, 2.24) is 15.1 Å². The van der Waals surface area contributed by atoms with Crippen molar-refractivity contribution in [1.29, 1.82) is 0 Å². The molecule has 0 spiro atoms. The van der Waals surface area contributed by atoms with Crippen LogP contribution in [-0.2, 0) is 0 Å². The van der Waals surface area contributed by atoms with Crippen LogP contribution < -0.4 is 5.73 Å². The molecule has 21 heavy (non-hydrogen) atoms. The first-order chi connectivity index (χ1) is 10.2. The number of nitrogens with two attached hydrogens (primary N) is 1. The first-order valence-electron chi connectivity index (χ1n) is 6.52. The van der Waals surface area contributed by atoms with Gasteiger partial charge < -0.3 is 10.3 Å². The van der Waals surface area contributed by atoms with Crippen molar-refractivity contribution >= 4 is 17.8 Å². The van der Waals surface area contributed by atoms with Crippen molar-refractivity contribution in [2.24, 2.45) is 0 Å². The van der Waals surface area contributed by atoms with E-state index in [2.05, 4.69) is 15.1 Å². The predicted molar refractivity (Wildman–Crippen MR) is 82.0 cm³/mol. The Hall–Kier alpha value is -2.95. The summed E-state index contributed by atoms with van der Waals surface area (Å²) >= 11 is 0. The number of hydrogen-bond donors (Lipinski definition) is 1. The molecule has 3 rings (SSSR count). The van der Waals surface area contributed by atoms with Crippen LogP contribution in [0.1, 0.15) is 17.1 Å². The third-order valence-corrected chi connectivity index (χ3v) is 2.89. The SMILES string of the molecule is Cc1cccc(-c2noc(/C=C/c3cccc(N)c3)n2)n1. The standard InChI is InChI=1S/C16H14N4O/c1-11-4-2-7-14(18-11)16-19-15(21-20-16)9-8-12-5-3-6-13(17)10-12/h2-10H,17H2,1H3/b9-8+. The maximum atomic E-state index is 5.73. The van der Waals surface area contributed by atoms with Gasteiger partial charge in [0, 0.05) is 17.5 Å². The highest BCUT2D eigenvalue weighted by Gasteiger charge is 2.07. The zero-order valence-electron chi connectivity index (χ0n) is 11.5. The molecule has 0 saturated heterocycles. The summed E-state index contributed by atoms with van der Waals surface area (Å²) in [6, 6.07) is 13.2. The predicted octanol–water partition coefficient (Wildman–Crippen LogP) is 3.19. The highest BCUT2D eigenvalue weighted by atomic mass is 16.5. The fourth-order valence-electron chi connectivity index (χ4n) is 1.90. The van der Waals surface area contributed by atoms with Crippen molar-refractivity contribution in [3.05, 3.63) is 59.6 Å². The zero-order chi connectivity index (χ0) is 14.7. The summed E-state index contributed by atoms with van der Waals surface area (Å²) in [5.74, 6) is 0.904. The molecule has 2 heterocycles. The molecule has 1 aromatic carbocycles. The van der Waals surface area contributed by atoms with Gasteiger partial charge in [-0.15, -0.1) is 0 Å². The van der Waals surface area contributed by atoms with E-state index in [9.17, 15) is 0 Å². The Kier molecular flexibility index (Phi) is 3.47. The second kappa shape index (κ2) is 5.58. The molecule has 0 aliphatic heterocycles. The lowest BCUT2D eigenvalue weighted by Crippen LogP contribution is -1.87. The second-order valence-corrected chi connectivity index (χ2v) is 4.62. The average molecular weight is 278 g/mol. The minimum atomic E-state index is 0.427. The van der Waals surface area contributed by atoms with E-state index in [1.807, 2.05) is 55.5 Å². The van der Waals surface area contributed by atoms with Crippen LogP contribution in [-0.4, -0.2) is 15.1 Å². The molecule has 0 aliphatic rings. The van der Waals surface area contributed by atoms with E-state index in [0.717, 1.165) is 11.3 Å². The van der Waals surface area contributed by atoms with Gasteiger partial charge in [0.1, 0.15) is 5.69 Å². The van der Waals surface area contributed by atoms with Gasteiger partial charge in [0.2, 0.25) is 5.82 Å². The second-order valence-electron chi connectivity index (χ2n) is 4.62. The van der Waals surface area contributed by atoms with Gasteiger partial charge in [0.25, 0.3) is 5.89 Å². The van der Waals surface area contributed by atoms with E-state index in [-0.39, 0.29) is 0 Å². The zero-order valence-corrected chi connectivity index (χ0v) is 11.5. The van der Waals surface area contributed by atoms with E-state index in [0.29, 0.717) is 23.1 Å². The normalized spacial score (nSPS) is 11.1. The smallest absolute Gasteiger partial charge is 0.251 e. The van der Waals surface area contributed by atoms with Crippen molar-refractivity contribution in [3.63, 3.8) is 0 Å². The fraction of sp³-hybridized carbons (Fsp3) is 0.0625. The topological polar surface area (TPSA) is 77.8 Å². The third kappa shape index (κ3) is 3.14. The Morgan fingerprint density at radius 2 is 1.90 bits per heavy atom. The fourth-order valence-corrected chi connectivity index (χ4v) is 1.90. The average Bonchev–Trinajstić information content (AvgIpc) is 2.94. The lowest BCUT2D eigenvalue weighted by Gasteiger charge is -1.94. The van der Waals surface area contributed by atoms with Gasteiger partial charge in [0.05, 0.1) is 0 Å². The molecule has 0 fully saturated rings. The van der Waals surface area contributed by atoms with Crippen LogP contribution in [0.5, 0.6) is 0 Å². The Morgan fingerprint density at radius 3 is 2.71 bits per heavy atom. The number of hydrogen-bond acceptors (Lipinski definition) is 5. The number of aromatic nitrogens is 3. The van der Waals surface area contributed by atoms with Gasteiger partial charge in [-0.2, -0.15) is 4.98 Å². The molecule has 0 bridgehead atoms. The maximum Gasteiger partial charge on any atom is 0.251 e. The van der Waals surface area contributed by atoms with Gasteiger partial charge in [-0.05, 0) is 42.8 Å². The van der Waals surface area contributed by atoms with Crippen LogP contribution in [0.15, 0.2) is 47.0 Å². The number of benzene rings is 1. The van der Waals surface area contributed by atoms with Gasteiger partial charge in [-0.1, -0.05) is 23.4 Å². The van der Waals surface area contributed by atoms with Gasteiger partial charge >= 0.3 is 0 Å². The largest absolute Gasteiger partial charge is 0.399 e. The molecule has 0 unspecified atom stereocenters. The number of anilines is 1. The van der Waals surface area contributed by atoms with Crippen molar-refractivity contribution in [2.45, 2.75) is 6.92 Å². The number of aryl methyl sites for hydroxylation is 1.